The molecule has 2 nitrogen and oxygen atoms in total. The zero-order valence-electron chi connectivity index (χ0n) is 20.7. The van der Waals surface area contributed by atoms with Crippen LogP contribution in [0.4, 0.5) is 13.2 Å². The number of alkyl halides is 3. The average Bonchev–Trinajstić information content (AvgIpc) is 2.89. The molecule has 0 aliphatic carbocycles. The Hall–Kier alpha value is -3.34. The molecule has 36 heavy (non-hydrogen) atoms. The summed E-state index contributed by atoms with van der Waals surface area (Å²) in [6.45, 7) is 0. The number of allylic oxidation sites excluding steroid dienone is 1. The van der Waals surface area contributed by atoms with Gasteiger partial charge in [-0.1, -0.05) is 80.3 Å². The van der Waals surface area contributed by atoms with Crippen LogP contribution in [0, 0.1) is 0 Å². The van der Waals surface area contributed by atoms with E-state index in [0.717, 1.165) is 54.7 Å². The first-order chi connectivity index (χ1) is 17.4. The molecule has 0 saturated carbocycles. The number of carbonyl (C=O) groups excluding carboxylic acids is 1. The van der Waals surface area contributed by atoms with E-state index in [4.69, 9.17) is 4.74 Å². The van der Waals surface area contributed by atoms with Crippen LogP contribution in [0.15, 0.2) is 78.9 Å². The lowest BCUT2D eigenvalue weighted by molar-refractivity contribution is -0.137. The molecule has 3 rings (SSSR count). The molecule has 0 amide bonds. The van der Waals surface area contributed by atoms with E-state index in [9.17, 15) is 18.0 Å². The van der Waals surface area contributed by atoms with Crippen molar-refractivity contribution in [2.75, 3.05) is 7.11 Å². The van der Waals surface area contributed by atoms with Crippen LogP contribution in [-0.2, 0) is 19.0 Å². The molecular weight excluding hydrogens is 461 g/mol. The van der Waals surface area contributed by atoms with Crippen molar-refractivity contribution in [1.29, 1.82) is 0 Å². The van der Waals surface area contributed by atoms with Gasteiger partial charge in [-0.05, 0) is 72.7 Å². The molecule has 190 valence electrons. The fraction of sp³-hybridized carbons (Fsp3) is 0.323. The molecule has 0 saturated heterocycles. The van der Waals surface area contributed by atoms with Crippen LogP contribution >= 0.6 is 0 Å². The lowest BCUT2D eigenvalue weighted by Gasteiger charge is -2.08. The van der Waals surface area contributed by atoms with E-state index in [0.29, 0.717) is 0 Å². The van der Waals surface area contributed by atoms with E-state index in [2.05, 4.69) is 12.1 Å². The van der Waals surface area contributed by atoms with Gasteiger partial charge in [0.2, 0.25) is 0 Å². The summed E-state index contributed by atoms with van der Waals surface area (Å²) < 4.78 is 44.0. The summed E-state index contributed by atoms with van der Waals surface area (Å²) in [5, 5.41) is 0. The Morgan fingerprint density at radius 3 is 2.17 bits per heavy atom. The van der Waals surface area contributed by atoms with Crippen LogP contribution in [0.2, 0.25) is 0 Å². The lowest BCUT2D eigenvalue weighted by atomic mass is 9.99. The third-order valence-electron chi connectivity index (χ3n) is 6.26. The summed E-state index contributed by atoms with van der Waals surface area (Å²) in [5.41, 5.74) is 2.63. The van der Waals surface area contributed by atoms with Crippen LogP contribution in [0.3, 0.4) is 0 Å². The molecule has 0 bridgehead atoms. The van der Waals surface area contributed by atoms with Gasteiger partial charge in [-0.2, -0.15) is 13.2 Å². The van der Waals surface area contributed by atoms with E-state index in [1.807, 2.05) is 36.4 Å². The monoisotopic (exact) mass is 494 g/mol. The van der Waals surface area contributed by atoms with Crippen LogP contribution in [-0.4, -0.2) is 12.9 Å². The van der Waals surface area contributed by atoms with Gasteiger partial charge in [0, 0.05) is 5.56 Å². The van der Waals surface area contributed by atoms with E-state index in [-0.39, 0.29) is 5.56 Å². The maximum absolute atomic E-state index is 12.9. The highest BCUT2D eigenvalue weighted by Gasteiger charge is 2.30. The molecule has 3 aromatic rings. The van der Waals surface area contributed by atoms with E-state index in [1.165, 1.54) is 49.5 Å². The van der Waals surface area contributed by atoms with Crippen molar-refractivity contribution in [3.63, 3.8) is 0 Å². The van der Waals surface area contributed by atoms with Crippen molar-refractivity contribution in [3.8, 4) is 5.75 Å². The van der Waals surface area contributed by atoms with Crippen LogP contribution < -0.4 is 4.74 Å². The predicted molar refractivity (Wildman–Crippen MR) is 139 cm³/mol. The average molecular weight is 495 g/mol. The number of ketones is 1. The van der Waals surface area contributed by atoms with Gasteiger partial charge in [-0.15, -0.1) is 0 Å². The summed E-state index contributed by atoms with van der Waals surface area (Å²) >= 11 is 0. The van der Waals surface area contributed by atoms with Gasteiger partial charge < -0.3 is 4.74 Å². The molecule has 0 unspecified atom stereocenters. The van der Waals surface area contributed by atoms with Gasteiger partial charge >= 0.3 is 6.18 Å². The Labute approximate surface area is 211 Å². The second-order valence-corrected chi connectivity index (χ2v) is 8.94. The quantitative estimate of drug-likeness (QED) is 0.135. The number of rotatable bonds is 13. The van der Waals surface area contributed by atoms with Gasteiger partial charge in [0.15, 0.2) is 5.78 Å². The molecule has 0 radical (unpaired) electrons. The number of methoxy groups -OCH3 is 1. The highest BCUT2D eigenvalue weighted by Crippen LogP contribution is 2.29. The first kappa shape index (κ1) is 27.3. The van der Waals surface area contributed by atoms with E-state index in [1.54, 1.807) is 13.2 Å². The number of benzene rings is 3. The van der Waals surface area contributed by atoms with Gasteiger partial charge in [0.05, 0.1) is 12.7 Å². The number of carbonyl (C=O) groups is 1. The largest absolute Gasteiger partial charge is 0.497 e. The second kappa shape index (κ2) is 13.7. The Morgan fingerprint density at radius 1 is 0.806 bits per heavy atom. The fourth-order valence-electron chi connectivity index (χ4n) is 4.18. The second-order valence-electron chi connectivity index (χ2n) is 8.94. The molecule has 0 heterocycles. The molecule has 0 aliphatic heterocycles. The molecular formula is C31H33F3O2. The Kier molecular flexibility index (Phi) is 10.3. The van der Waals surface area contributed by atoms with Crippen molar-refractivity contribution in [2.45, 2.75) is 57.5 Å². The summed E-state index contributed by atoms with van der Waals surface area (Å²) in [6.07, 6.45) is 7.58. The molecule has 0 atom stereocenters. The molecule has 0 fully saturated rings. The van der Waals surface area contributed by atoms with Crippen molar-refractivity contribution in [1.82, 2.24) is 0 Å². The summed E-state index contributed by atoms with van der Waals surface area (Å²) in [7, 11) is 1.68. The van der Waals surface area contributed by atoms with Gasteiger partial charge in [0.25, 0.3) is 0 Å². The number of ether oxygens (including phenoxy) is 1. The summed E-state index contributed by atoms with van der Waals surface area (Å²) in [4.78, 5) is 12.5. The minimum atomic E-state index is -4.47. The maximum Gasteiger partial charge on any atom is 0.416 e. The van der Waals surface area contributed by atoms with Crippen molar-refractivity contribution < 1.29 is 22.7 Å². The van der Waals surface area contributed by atoms with E-state index < -0.39 is 17.5 Å². The fourth-order valence-corrected chi connectivity index (χ4v) is 4.18. The number of hydrogen-bond donors (Lipinski definition) is 0. The number of halogens is 3. The van der Waals surface area contributed by atoms with Crippen LogP contribution in [0.1, 0.15) is 71.1 Å². The van der Waals surface area contributed by atoms with Gasteiger partial charge in [0.1, 0.15) is 5.75 Å². The molecule has 0 N–H and O–H groups in total. The molecule has 3 aromatic carbocycles. The summed E-state index contributed by atoms with van der Waals surface area (Å²) in [6, 6.07) is 20.6. The Morgan fingerprint density at radius 2 is 1.47 bits per heavy atom. The van der Waals surface area contributed by atoms with Crippen molar-refractivity contribution >= 4 is 11.9 Å². The van der Waals surface area contributed by atoms with Crippen LogP contribution in [0.5, 0.6) is 5.75 Å². The predicted octanol–water partition coefficient (Wildman–Crippen LogP) is 8.74. The number of aryl methyl sites for hydroxylation is 2. The standard InChI is InChI=1S/C31H33F3O2/c1-36-29-20-17-24(18-21-29)11-6-4-2-3-5-7-12-25-13-8-9-14-26(25)19-22-30(35)27-15-10-16-28(23-27)31(32,33)34/h8-10,13-23H,2-7,11-12H2,1H3/b22-19+. The minimum absolute atomic E-state index is 0.0329. The first-order valence-electron chi connectivity index (χ1n) is 12.5. The Bertz CT molecular complexity index is 1130. The number of hydrogen-bond acceptors (Lipinski definition) is 2. The molecule has 0 aliphatic rings. The third-order valence-corrected chi connectivity index (χ3v) is 6.26. The van der Waals surface area contributed by atoms with Crippen molar-refractivity contribution in [2.24, 2.45) is 0 Å². The zero-order chi connectivity index (χ0) is 25.8. The molecule has 0 spiro atoms. The van der Waals surface area contributed by atoms with E-state index >= 15 is 0 Å². The molecule has 5 heteroatoms. The van der Waals surface area contributed by atoms with Crippen molar-refractivity contribution in [3.05, 3.63) is 107 Å². The third kappa shape index (κ3) is 8.71. The molecule has 0 aromatic heterocycles. The normalized spacial score (nSPS) is 11.7. The van der Waals surface area contributed by atoms with Gasteiger partial charge in [-0.3, -0.25) is 4.79 Å². The highest BCUT2D eigenvalue weighted by molar-refractivity contribution is 6.07. The maximum atomic E-state index is 12.9. The first-order valence-corrected chi connectivity index (χ1v) is 12.5. The smallest absolute Gasteiger partial charge is 0.416 e. The minimum Gasteiger partial charge on any atom is -0.497 e. The highest BCUT2D eigenvalue weighted by atomic mass is 19.4. The number of unbranched alkanes of at least 4 members (excludes halogenated alkanes) is 5. The Balaban J connectivity index is 1.41. The lowest BCUT2D eigenvalue weighted by Crippen LogP contribution is -2.06. The topological polar surface area (TPSA) is 26.3 Å². The summed E-state index contributed by atoms with van der Waals surface area (Å²) in [5.74, 6) is 0.448. The SMILES string of the molecule is COc1ccc(CCCCCCCCc2ccccc2/C=C/C(=O)c2cccc(C(F)(F)F)c2)cc1. The van der Waals surface area contributed by atoms with Crippen LogP contribution in [0.25, 0.3) is 6.08 Å². The zero-order valence-corrected chi connectivity index (χ0v) is 20.7. The van der Waals surface area contributed by atoms with Gasteiger partial charge in [-0.25, -0.2) is 0 Å².